The molecule has 0 amide bonds. The molecule has 360 valence electrons. The van der Waals surface area contributed by atoms with Gasteiger partial charge in [-0.15, -0.1) is 0 Å². The second-order valence-corrected chi connectivity index (χ2v) is 17.1. The predicted molar refractivity (Wildman–Crippen MR) is 261 cm³/mol. The summed E-state index contributed by atoms with van der Waals surface area (Å²) < 4.78 is 23.2. The lowest BCUT2D eigenvalue weighted by molar-refractivity contribution is 0.0852. The molecule has 2 fully saturated rings. The van der Waals surface area contributed by atoms with Gasteiger partial charge in [-0.3, -0.25) is 0 Å². The summed E-state index contributed by atoms with van der Waals surface area (Å²) in [5.74, 6) is 5.27. The SMILES string of the molecule is CNCC(O)COc1cccc(-c2nc(N(C)c3cnc(CCNCC(O)COc4cccc(-c5nc(-c6cnc[nH]6)cc(N(C)C6CCOCC6)n5)c4)nc3)cc(N(C)C3CCOCC3)n2)c1. The van der Waals surface area contributed by atoms with E-state index in [1.54, 1.807) is 32.0 Å². The van der Waals surface area contributed by atoms with Crippen LogP contribution in [0.4, 0.5) is 23.1 Å². The predicted octanol–water partition coefficient (Wildman–Crippen LogP) is 4.31. The monoisotopic (exact) mass is 930 g/mol. The van der Waals surface area contributed by atoms with Crippen LogP contribution < -0.4 is 34.8 Å². The Labute approximate surface area is 397 Å². The summed E-state index contributed by atoms with van der Waals surface area (Å²) in [7, 11) is 7.86. The average Bonchev–Trinajstić information content (AvgIpc) is 3.94. The van der Waals surface area contributed by atoms with Gasteiger partial charge in [-0.2, -0.15) is 0 Å². The average molecular weight is 930 g/mol. The summed E-state index contributed by atoms with van der Waals surface area (Å²) in [5.41, 5.74) is 3.89. The van der Waals surface area contributed by atoms with E-state index in [-0.39, 0.29) is 19.3 Å². The largest absolute Gasteiger partial charge is 0.491 e. The van der Waals surface area contributed by atoms with Crippen molar-refractivity contribution in [1.29, 1.82) is 0 Å². The zero-order valence-corrected chi connectivity index (χ0v) is 39.3. The van der Waals surface area contributed by atoms with Gasteiger partial charge in [-0.25, -0.2) is 34.9 Å². The Bertz CT molecular complexity index is 2490. The summed E-state index contributed by atoms with van der Waals surface area (Å²) >= 11 is 0. The van der Waals surface area contributed by atoms with E-state index in [0.29, 0.717) is 80.1 Å². The van der Waals surface area contributed by atoms with Gasteiger partial charge in [-0.05, 0) is 57.0 Å². The van der Waals surface area contributed by atoms with Crippen LogP contribution in [-0.4, -0.2) is 162 Å². The van der Waals surface area contributed by atoms with E-state index in [4.69, 9.17) is 38.9 Å². The van der Waals surface area contributed by atoms with Crippen molar-refractivity contribution in [1.82, 2.24) is 50.5 Å². The van der Waals surface area contributed by atoms with Crippen molar-refractivity contribution in [3.63, 3.8) is 0 Å². The van der Waals surface area contributed by atoms with E-state index in [1.807, 2.05) is 72.6 Å². The zero-order valence-electron chi connectivity index (χ0n) is 39.3. The number of aliphatic hydroxyl groups is 2. The van der Waals surface area contributed by atoms with Crippen molar-refractivity contribution in [2.24, 2.45) is 0 Å². The number of aliphatic hydroxyl groups excluding tert-OH is 2. The molecule has 2 atom stereocenters. The standard InChI is InChI=1S/C49H63N13O6/c1-50-27-38(63)30-67-41-10-6-8-34(22-41)49-58-46(61(3)36-14-19-66-20-15-36)24-47(59-49)62(4)37-25-53-44(54-26-37)11-16-51-28-39(64)31-68-40-9-5-7-33(21-40)48-56-42(43-29-52-32-55-43)23-45(57-48)60(2)35-12-17-65-18-13-35/h5-10,21-26,29,32,35-36,38-39,50-51,63-64H,11-20,27-28,30-31H2,1-4H3,(H,52,55). The molecule has 2 unspecified atom stereocenters. The highest BCUT2D eigenvalue weighted by Crippen LogP contribution is 2.32. The van der Waals surface area contributed by atoms with Gasteiger partial charge in [0, 0.05) is 109 Å². The van der Waals surface area contributed by atoms with Gasteiger partial charge in [0.05, 0.1) is 42.0 Å². The van der Waals surface area contributed by atoms with Crippen LogP contribution in [0.2, 0.25) is 0 Å². The van der Waals surface area contributed by atoms with Gasteiger partial charge in [0.2, 0.25) is 0 Å². The van der Waals surface area contributed by atoms with Crippen LogP contribution in [0.5, 0.6) is 11.5 Å². The van der Waals surface area contributed by atoms with Crippen LogP contribution in [0, 0.1) is 0 Å². The van der Waals surface area contributed by atoms with Crippen LogP contribution in [0.15, 0.2) is 85.6 Å². The molecule has 19 heteroatoms. The molecule has 0 radical (unpaired) electrons. The van der Waals surface area contributed by atoms with E-state index in [0.717, 1.165) is 78.7 Å². The molecule has 2 aliphatic rings. The molecule has 5 N–H and O–H groups in total. The van der Waals surface area contributed by atoms with Crippen molar-refractivity contribution >= 4 is 23.1 Å². The number of imidazole rings is 1. The molecule has 0 saturated carbocycles. The first-order valence-corrected chi connectivity index (χ1v) is 23.3. The number of likely N-dealkylation sites (N-methyl/N-ethyl adjacent to an activating group) is 1. The normalized spacial score (nSPS) is 15.4. The second kappa shape index (κ2) is 23.6. The number of aromatic nitrogens is 8. The summed E-state index contributed by atoms with van der Waals surface area (Å²) in [4.78, 5) is 42.9. The van der Waals surface area contributed by atoms with Crippen LogP contribution in [-0.2, 0) is 15.9 Å². The molecule has 2 saturated heterocycles. The maximum Gasteiger partial charge on any atom is 0.164 e. The van der Waals surface area contributed by atoms with E-state index < -0.39 is 12.2 Å². The molecule has 6 heterocycles. The van der Waals surface area contributed by atoms with Gasteiger partial charge < -0.3 is 59.5 Å². The number of benzene rings is 2. The maximum atomic E-state index is 10.8. The van der Waals surface area contributed by atoms with E-state index >= 15 is 0 Å². The van der Waals surface area contributed by atoms with Gasteiger partial charge in [0.25, 0.3) is 0 Å². The fourth-order valence-electron chi connectivity index (χ4n) is 8.14. The van der Waals surface area contributed by atoms with Crippen molar-refractivity contribution < 1.29 is 29.2 Å². The van der Waals surface area contributed by atoms with Crippen molar-refractivity contribution in [3.8, 4) is 45.7 Å². The third-order valence-corrected chi connectivity index (χ3v) is 12.2. The second-order valence-electron chi connectivity index (χ2n) is 17.1. The maximum absolute atomic E-state index is 10.8. The molecule has 0 aliphatic carbocycles. The first-order chi connectivity index (χ1) is 33.2. The minimum absolute atomic E-state index is 0.0956. The molecule has 68 heavy (non-hydrogen) atoms. The van der Waals surface area contributed by atoms with Crippen molar-refractivity contribution in [2.45, 2.75) is 56.4 Å². The Morgan fingerprint density at radius 1 is 0.706 bits per heavy atom. The van der Waals surface area contributed by atoms with Crippen molar-refractivity contribution in [2.75, 3.05) is 102 Å². The first kappa shape index (κ1) is 48.1. The number of aromatic amines is 1. The zero-order chi connectivity index (χ0) is 47.2. The van der Waals surface area contributed by atoms with Gasteiger partial charge >= 0.3 is 0 Å². The Kier molecular flexibility index (Phi) is 16.7. The number of nitrogens with zero attached hydrogens (tertiary/aromatic N) is 10. The number of H-pyrrole nitrogens is 1. The highest BCUT2D eigenvalue weighted by Gasteiger charge is 2.24. The van der Waals surface area contributed by atoms with Gasteiger partial charge in [-0.1, -0.05) is 24.3 Å². The number of anilines is 4. The highest BCUT2D eigenvalue weighted by molar-refractivity contribution is 5.68. The third-order valence-electron chi connectivity index (χ3n) is 12.2. The first-order valence-electron chi connectivity index (χ1n) is 23.3. The number of nitrogens with one attached hydrogen (secondary N) is 3. The lowest BCUT2D eigenvalue weighted by atomic mass is 10.1. The lowest BCUT2D eigenvalue weighted by Crippen LogP contribution is -2.37. The molecular weight excluding hydrogens is 867 g/mol. The topological polar surface area (TPSA) is 217 Å². The summed E-state index contributed by atoms with van der Waals surface area (Å²) in [6.45, 7) is 4.45. The Balaban J connectivity index is 0.860. The molecule has 6 aromatic rings. The van der Waals surface area contributed by atoms with Gasteiger partial charge in [0.1, 0.15) is 60.2 Å². The molecular formula is C49H63N13O6. The molecule has 8 rings (SSSR count). The Morgan fingerprint density at radius 2 is 1.26 bits per heavy atom. The van der Waals surface area contributed by atoms with Crippen LogP contribution in [0.3, 0.4) is 0 Å². The molecule has 0 spiro atoms. The fourth-order valence-corrected chi connectivity index (χ4v) is 8.14. The molecule has 19 nitrogen and oxygen atoms in total. The summed E-state index contributed by atoms with van der Waals surface area (Å²) in [6.07, 6.45) is 9.81. The minimum Gasteiger partial charge on any atom is -0.491 e. The number of ether oxygens (including phenoxy) is 4. The minimum atomic E-state index is -0.755. The Hall–Kier alpha value is -6.35. The quantitative estimate of drug-likeness (QED) is 0.0600. The molecule has 2 aliphatic heterocycles. The van der Waals surface area contributed by atoms with Crippen LogP contribution >= 0.6 is 0 Å². The Morgan fingerprint density at radius 3 is 1.84 bits per heavy atom. The molecule has 0 bridgehead atoms. The van der Waals surface area contributed by atoms with E-state index in [1.165, 1.54) is 0 Å². The van der Waals surface area contributed by atoms with E-state index in [2.05, 4.69) is 54.5 Å². The smallest absolute Gasteiger partial charge is 0.164 e. The lowest BCUT2D eigenvalue weighted by Gasteiger charge is -2.32. The van der Waals surface area contributed by atoms with Crippen LogP contribution in [0.25, 0.3) is 34.2 Å². The summed E-state index contributed by atoms with van der Waals surface area (Å²) in [6, 6.07) is 19.8. The highest BCUT2D eigenvalue weighted by atomic mass is 16.5. The van der Waals surface area contributed by atoms with Crippen molar-refractivity contribution in [3.05, 3.63) is 91.4 Å². The molecule has 2 aromatic carbocycles. The fraction of sp³-hybridized carbons (Fsp3) is 0.449. The molecule has 4 aromatic heterocycles. The van der Waals surface area contributed by atoms with Crippen LogP contribution in [0.1, 0.15) is 31.5 Å². The number of rotatable bonds is 22. The van der Waals surface area contributed by atoms with Gasteiger partial charge in [0.15, 0.2) is 11.6 Å². The number of hydrogen-bond donors (Lipinski definition) is 5. The summed E-state index contributed by atoms with van der Waals surface area (Å²) in [5, 5.41) is 27.3. The number of hydrogen-bond acceptors (Lipinski definition) is 18. The third kappa shape index (κ3) is 12.8. The van der Waals surface area contributed by atoms with E-state index in [9.17, 15) is 10.2 Å².